The van der Waals surface area contributed by atoms with Gasteiger partial charge in [-0.2, -0.15) is 0 Å². The molecule has 0 saturated carbocycles. The van der Waals surface area contributed by atoms with E-state index >= 15 is 0 Å². The highest BCUT2D eigenvalue weighted by Gasteiger charge is 2.24. The topological polar surface area (TPSA) is 58.4 Å². The molecule has 4 rings (SSSR count). The van der Waals surface area contributed by atoms with E-state index in [-0.39, 0.29) is 18.0 Å². The molecule has 2 aliphatic rings. The van der Waals surface area contributed by atoms with Crippen molar-refractivity contribution < 1.29 is 4.79 Å². The summed E-state index contributed by atoms with van der Waals surface area (Å²) in [6, 6.07) is 9.88. The Morgan fingerprint density at radius 1 is 1.12 bits per heavy atom. The van der Waals surface area contributed by atoms with Crippen molar-refractivity contribution in [3.05, 3.63) is 57.5 Å². The molecule has 1 aromatic heterocycles. The van der Waals surface area contributed by atoms with Gasteiger partial charge >= 0.3 is 0 Å². The van der Waals surface area contributed by atoms with Gasteiger partial charge in [0, 0.05) is 37.9 Å². The molecule has 6 heteroatoms. The molecule has 6 nitrogen and oxygen atoms in total. The molecule has 0 radical (unpaired) electrons. The first kappa shape index (κ1) is 16.8. The number of hydrogen-bond acceptors (Lipinski definition) is 4. The van der Waals surface area contributed by atoms with Crippen LogP contribution in [0, 0.1) is 6.92 Å². The summed E-state index contributed by atoms with van der Waals surface area (Å²) in [4.78, 5) is 33.8. The Kier molecular flexibility index (Phi) is 4.49. The lowest BCUT2D eigenvalue weighted by atomic mass is 10.0. The number of amides is 1. The lowest BCUT2D eigenvalue weighted by molar-refractivity contribution is -0.130. The Hall–Kier alpha value is -2.63. The molecule has 0 aliphatic carbocycles. The summed E-state index contributed by atoms with van der Waals surface area (Å²) in [5.74, 6) is 0.617. The lowest BCUT2D eigenvalue weighted by Crippen LogP contribution is -2.40. The van der Waals surface area contributed by atoms with E-state index in [9.17, 15) is 9.59 Å². The minimum Gasteiger partial charge on any atom is -0.341 e. The number of carbonyl (C=O) groups is 1. The van der Waals surface area contributed by atoms with Gasteiger partial charge in [-0.05, 0) is 37.3 Å². The number of nitrogens with zero attached hydrogens (tertiary/aromatic N) is 4. The van der Waals surface area contributed by atoms with E-state index in [4.69, 9.17) is 0 Å². The Labute approximate surface area is 153 Å². The number of hydrogen-bond donors (Lipinski definition) is 0. The predicted molar refractivity (Wildman–Crippen MR) is 100 cm³/mol. The molecule has 1 fully saturated rings. The molecule has 0 bridgehead atoms. The van der Waals surface area contributed by atoms with Gasteiger partial charge in [-0.15, -0.1) is 0 Å². The number of carbonyl (C=O) groups excluding carboxylic acids is 1. The van der Waals surface area contributed by atoms with E-state index in [1.165, 1.54) is 17.2 Å². The summed E-state index contributed by atoms with van der Waals surface area (Å²) < 4.78 is 1.54. The zero-order chi connectivity index (χ0) is 18.1. The lowest BCUT2D eigenvalue weighted by Gasteiger charge is -2.31. The number of likely N-dealkylation sites (tertiary alicyclic amines) is 1. The molecular formula is C20H24N4O2. The largest absolute Gasteiger partial charge is 0.341 e. The van der Waals surface area contributed by atoms with Crippen LogP contribution in [0.15, 0.2) is 35.1 Å². The molecule has 1 saturated heterocycles. The molecule has 1 amide bonds. The smallest absolute Gasteiger partial charge is 0.255 e. The average Bonchev–Trinajstić information content (AvgIpc) is 3.18. The van der Waals surface area contributed by atoms with E-state index in [0.717, 1.165) is 38.9 Å². The molecule has 1 aromatic carbocycles. The van der Waals surface area contributed by atoms with Crippen molar-refractivity contribution in [2.45, 2.75) is 39.3 Å². The van der Waals surface area contributed by atoms with Crippen molar-refractivity contribution in [2.24, 2.45) is 0 Å². The van der Waals surface area contributed by atoms with Crippen molar-refractivity contribution in [1.29, 1.82) is 0 Å². The van der Waals surface area contributed by atoms with Crippen LogP contribution in [0.2, 0.25) is 0 Å². The molecule has 0 N–H and O–H groups in total. The quantitative estimate of drug-likeness (QED) is 0.844. The van der Waals surface area contributed by atoms with Crippen molar-refractivity contribution in [3.8, 4) is 0 Å². The maximum atomic E-state index is 12.6. The fraction of sp³-hybridized carbons (Fsp3) is 0.450. The molecule has 2 aromatic rings. The first-order valence-electron chi connectivity index (χ1n) is 9.30. The zero-order valence-corrected chi connectivity index (χ0v) is 15.1. The Morgan fingerprint density at radius 2 is 1.85 bits per heavy atom. The van der Waals surface area contributed by atoms with Gasteiger partial charge < -0.3 is 9.80 Å². The molecule has 0 unspecified atom stereocenters. The van der Waals surface area contributed by atoms with E-state index in [1.807, 2.05) is 17.9 Å². The first-order valence-corrected chi connectivity index (χ1v) is 9.30. The third-order valence-electron chi connectivity index (χ3n) is 5.28. The van der Waals surface area contributed by atoms with Crippen molar-refractivity contribution in [2.75, 3.05) is 24.5 Å². The van der Waals surface area contributed by atoms with Crippen LogP contribution in [0.3, 0.4) is 0 Å². The number of rotatable bonds is 3. The summed E-state index contributed by atoms with van der Waals surface area (Å²) in [6.45, 7) is 4.99. The minimum atomic E-state index is -0.154. The van der Waals surface area contributed by atoms with Gasteiger partial charge in [0.1, 0.15) is 6.54 Å². The van der Waals surface area contributed by atoms with Crippen LogP contribution in [-0.2, 0) is 24.3 Å². The van der Waals surface area contributed by atoms with Crippen LogP contribution in [-0.4, -0.2) is 40.0 Å². The molecular weight excluding hydrogens is 328 g/mol. The van der Waals surface area contributed by atoms with Crippen LogP contribution >= 0.6 is 0 Å². The third kappa shape index (κ3) is 3.23. The van der Waals surface area contributed by atoms with Crippen LogP contribution in [0.25, 0.3) is 0 Å². The van der Waals surface area contributed by atoms with Gasteiger partial charge in [0.2, 0.25) is 11.9 Å². The maximum Gasteiger partial charge on any atom is 0.255 e. The summed E-state index contributed by atoms with van der Waals surface area (Å²) >= 11 is 0. The molecule has 3 heterocycles. The highest BCUT2D eigenvalue weighted by Crippen LogP contribution is 2.23. The minimum absolute atomic E-state index is 0.00825. The molecule has 26 heavy (non-hydrogen) atoms. The van der Waals surface area contributed by atoms with Gasteiger partial charge in [-0.25, -0.2) is 4.98 Å². The van der Waals surface area contributed by atoms with E-state index in [2.05, 4.69) is 28.1 Å². The number of benzene rings is 1. The predicted octanol–water partition coefficient (Wildman–Crippen LogP) is 1.74. The van der Waals surface area contributed by atoms with Crippen molar-refractivity contribution in [1.82, 2.24) is 14.5 Å². The summed E-state index contributed by atoms with van der Waals surface area (Å²) in [7, 11) is 0. The highest BCUT2D eigenvalue weighted by atomic mass is 16.2. The Morgan fingerprint density at radius 3 is 2.62 bits per heavy atom. The van der Waals surface area contributed by atoms with Gasteiger partial charge in [0.15, 0.2) is 0 Å². The molecule has 136 valence electrons. The van der Waals surface area contributed by atoms with Gasteiger partial charge in [-0.1, -0.05) is 24.3 Å². The Balaban J connectivity index is 1.65. The fourth-order valence-electron chi connectivity index (χ4n) is 3.86. The summed E-state index contributed by atoms with van der Waals surface area (Å²) in [5.41, 5.74) is 3.14. The standard InChI is InChI=1S/C20H24N4O2/c1-15-12-18(25)24(14-19(26)22-9-4-5-10-22)20(21-15)23-11-8-16-6-2-3-7-17(16)13-23/h2-3,6-7,12H,4-5,8-11,13-14H2,1H3. The monoisotopic (exact) mass is 352 g/mol. The first-order chi connectivity index (χ1) is 12.6. The Bertz CT molecular complexity index is 884. The van der Waals surface area contributed by atoms with E-state index in [1.54, 1.807) is 4.57 Å². The number of fused-ring (bicyclic) bond motifs is 1. The van der Waals surface area contributed by atoms with Gasteiger partial charge in [0.05, 0.1) is 0 Å². The number of aryl methyl sites for hydroxylation is 1. The van der Waals surface area contributed by atoms with Crippen LogP contribution < -0.4 is 10.5 Å². The van der Waals surface area contributed by atoms with E-state index in [0.29, 0.717) is 18.2 Å². The second-order valence-corrected chi connectivity index (χ2v) is 7.15. The fourth-order valence-corrected chi connectivity index (χ4v) is 3.86. The van der Waals surface area contributed by atoms with Crippen LogP contribution in [0.1, 0.15) is 29.7 Å². The number of anilines is 1. The molecule has 0 atom stereocenters. The summed E-state index contributed by atoms with van der Waals surface area (Å²) in [6.07, 6.45) is 3.01. The van der Waals surface area contributed by atoms with Gasteiger partial charge in [-0.3, -0.25) is 14.2 Å². The van der Waals surface area contributed by atoms with Crippen LogP contribution in [0.4, 0.5) is 5.95 Å². The maximum absolute atomic E-state index is 12.6. The number of aromatic nitrogens is 2. The van der Waals surface area contributed by atoms with Crippen molar-refractivity contribution in [3.63, 3.8) is 0 Å². The second-order valence-electron chi connectivity index (χ2n) is 7.15. The van der Waals surface area contributed by atoms with Crippen LogP contribution in [0.5, 0.6) is 0 Å². The zero-order valence-electron chi connectivity index (χ0n) is 15.1. The van der Waals surface area contributed by atoms with Gasteiger partial charge in [0.25, 0.3) is 5.56 Å². The average molecular weight is 352 g/mol. The summed E-state index contributed by atoms with van der Waals surface area (Å²) in [5, 5.41) is 0. The van der Waals surface area contributed by atoms with E-state index < -0.39 is 0 Å². The molecule has 2 aliphatic heterocycles. The SMILES string of the molecule is Cc1cc(=O)n(CC(=O)N2CCCC2)c(N2CCc3ccccc3C2)n1. The second kappa shape index (κ2) is 6.94. The highest BCUT2D eigenvalue weighted by molar-refractivity contribution is 5.76. The molecule has 0 spiro atoms. The van der Waals surface area contributed by atoms with Crippen molar-refractivity contribution >= 4 is 11.9 Å². The normalized spacial score (nSPS) is 16.7. The third-order valence-corrected chi connectivity index (χ3v) is 5.28.